The molecule has 136 valence electrons. The molecule has 25 heavy (non-hydrogen) atoms. The van der Waals surface area contributed by atoms with Crippen molar-refractivity contribution in [1.29, 1.82) is 0 Å². The highest BCUT2D eigenvalue weighted by molar-refractivity contribution is 7.82. The molecule has 2 rings (SSSR count). The highest BCUT2D eigenvalue weighted by Gasteiger charge is 2.19. The zero-order valence-electron chi connectivity index (χ0n) is 15.7. The number of hydrogen-bond donors (Lipinski definition) is 0. The van der Waals surface area contributed by atoms with Crippen LogP contribution in [-0.2, 0) is 21.2 Å². The zero-order valence-corrected chi connectivity index (χ0v) is 16.5. The van der Waals surface area contributed by atoms with Crippen molar-refractivity contribution in [3.63, 3.8) is 0 Å². The van der Waals surface area contributed by atoms with Crippen molar-refractivity contribution in [1.82, 2.24) is 0 Å². The van der Waals surface area contributed by atoms with Gasteiger partial charge in [-0.3, -0.25) is 0 Å². The number of rotatable bonds is 4. The minimum Gasteiger partial charge on any atom is -0.353 e. The summed E-state index contributed by atoms with van der Waals surface area (Å²) in [5.74, 6) is 0.443. The van der Waals surface area contributed by atoms with E-state index in [4.69, 9.17) is 8.37 Å². The van der Waals surface area contributed by atoms with Gasteiger partial charge in [0.05, 0.1) is 0 Å². The van der Waals surface area contributed by atoms with Crippen LogP contribution >= 0.6 is 0 Å². The molecule has 0 N–H and O–H groups in total. The lowest BCUT2D eigenvalue weighted by Crippen LogP contribution is -2.17. The van der Waals surface area contributed by atoms with Crippen LogP contribution in [0, 0.1) is 0 Å². The van der Waals surface area contributed by atoms with Crippen molar-refractivity contribution in [2.75, 3.05) is 0 Å². The molecule has 4 nitrogen and oxygen atoms in total. The van der Waals surface area contributed by atoms with E-state index in [1.165, 1.54) is 0 Å². The van der Waals surface area contributed by atoms with Gasteiger partial charge in [0.1, 0.15) is 11.5 Å². The smallest absolute Gasteiger partial charge is 0.353 e. The summed E-state index contributed by atoms with van der Waals surface area (Å²) >= 11 is 0. The van der Waals surface area contributed by atoms with Crippen LogP contribution in [0.1, 0.15) is 52.7 Å². The summed E-state index contributed by atoms with van der Waals surface area (Å²) in [6.45, 7) is 12.5. The van der Waals surface area contributed by atoms with Crippen molar-refractivity contribution >= 4 is 10.4 Å². The summed E-state index contributed by atoms with van der Waals surface area (Å²) in [6.07, 6.45) is 0. The van der Waals surface area contributed by atoms with Crippen molar-refractivity contribution < 1.29 is 16.8 Å². The molecule has 0 saturated heterocycles. The molecule has 0 unspecified atom stereocenters. The topological polar surface area (TPSA) is 52.6 Å². The van der Waals surface area contributed by atoms with Gasteiger partial charge in [-0.2, -0.15) is 0 Å². The number of hydrogen-bond acceptors (Lipinski definition) is 4. The fourth-order valence-corrected chi connectivity index (χ4v) is 3.00. The fraction of sp³-hybridized carbons (Fsp3) is 0.400. The van der Waals surface area contributed by atoms with Gasteiger partial charge in [-0.05, 0) is 46.2 Å². The molecule has 0 spiro atoms. The SMILES string of the molecule is CC(C)(C)c1ccc(OS(=O)(=O)Oc2ccc(C(C)(C)C)cc2)cc1. The van der Waals surface area contributed by atoms with Gasteiger partial charge in [-0.15, -0.1) is 8.42 Å². The molecule has 0 aromatic heterocycles. The van der Waals surface area contributed by atoms with Gasteiger partial charge in [0.25, 0.3) is 0 Å². The highest BCUT2D eigenvalue weighted by atomic mass is 32.3. The molecule has 0 heterocycles. The van der Waals surface area contributed by atoms with E-state index in [1.807, 2.05) is 24.3 Å². The maximum atomic E-state index is 12.1. The van der Waals surface area contributed by atoms with Gasteiger partial charge in [0.15, 0.2) is 0 Å². The largest absolute Gasteiger partial charge is 0.500 e. The average molecular weight is 362 g/mol. The van der Waals surface area contributed by atoms with Gasteiger partial charge >= 0.3 is 10.4 Å². The third-order valence-electron chi connectivity index (χ3n) is 3.84. The molecule has 2 aromatic rings. The molecule has 5 heteroatoms. The Morgan fingerprint density at radius 3 is 1.12 bits per heavy atom. The van der Waals surface area contributed by atoms with Crippen LogP contribution in [0.2, 0.25) is 0 Å². The molecule has 0 aliphatic carbocycles. The lowest BCUT2D eigenvalue weighted by Gasteiger charge is -2.19. The van der Waals surface area contributed by atoms with Crippen LogP contribution in [0.5, 0.6) is 11.5 Å². The van der Waals surface area contributed by atoms with Gasteiger partial charge in [-0.1, -0.05) is 65.8 Å². The first kappa shape index (κ1) is 19.3. The predicted molar refractivity (Wildman–Crippen MR) is 100 cm³/mol. The van der Waals surface area contributed by atoms with E-state index in [0.717, 1.165) is 11.1 Å². The molecule has 0 aliphatic rings. The Kier molecular flexibility index (Phi) is 5.19. The third-order valence-corrected chi connectivity index (χ3v) is 4.63. The monoisotopic (exact) mass is 362 g/mol. The maximum Gasteiger partial charge on any atom is 0.500 e. The Hall–Kier alpha value is -2.01. The normalized spacial score (nSPS) is 12.7. The maximum absolute atomic E-state index is 12.1. The van der Waals surface area contributed by atoms with Crippen molar-refractivity contribution in [3.8, 4) is 11.5 Å². The van der Waals surface area contributed by atoms with E-state index < -0.39 is 10.4 Å². The standard InChI is InChI=1S/C20H26O4S/c1-19(2,3)15-7-11-17(12-8-15)23-25(21,22)24-18-13-9-16(10-14-18)20(4,5)6/h7-14H,1-6H3. The van der Waals surface area contributed by atoms with Crippen LogP contribution < -0.4 is 8.37 Å². The Morgan fingerprint density at radius 2 is 0.880 bits per heavy atom. The Bertz CT molecular complexity index is 740. The average Bonchev–Trinajstić information content (AvgIpc) is 2.45. The van der Waals surface area contributed by atoms with E-state index in [1.54, 1.807) is 24.3 Å². The van der Waals surface area contributed by atoms with Crippen LogP contribution in [0.15, 0.2) is 48.5 Å². The summed E-state index contributed by atoms with van der Waals surface area (Å²) in [7, 11) is -4.18. The van der Waals surface area contributed by atoms with E-state index in [-0.39, 0.29) is 22.3 Å². The van der Waals surface area contributed by atoms with E-state index in [0.29, 0.717) is 0 Å². The summed E-state index contributed by atoms with van der Waals surface area (Å²) in [5.41, 5.74) is 2.16. The summed E-state index contributed by atoms with van der Waals surface area (Å²) in [5, 5.41) is 0. The van der Waals surface area contributed by atoms with E-state index in [2.05, 4.69) is 41.5 Å². The van der Waals surface area contributed by atoms with Crippen molar-refractivity contribution in [2.45, 2.75) is 52.4 Å². The molecule has 0 fully saturated rings. The summed E-state index contributed by atoms with van der Waals surface area (Å²) in [4.78, 5) is 0. The first-order valence-electron chi connectivity index (χ1n) is 8.22. The molecule has 0 aliphatic heterocycles. The zero-order chi connectivity index (χ0) is 18.9. The van der Waals surface area contributed by atoms with Crippen molar-refractivity contribution in [3.05, 3.63) is 59.7 Å². The molecule has 0 bridgehead atoms. The molecule has 0 radical (unpaired) electrons. The first-order chi connectivity index (χ1) is 11.4. The van der Waals surface area contributed by atoms with Crippen LogP contribution in [0.3, 0.4) is 0 Å². The molecule has 0 atom stereocenters. The second kappa shape index (κ2) is 6.71. The molecule has 0 saturated carbocycles. The first-order valence-corrected chi connectivity index (χ1v) is 9.55. The van der Waals surface area contributed by atoms with Crippen molar-refractivity contribution in [2.24, 2.45) is 0 Å². The Balaban J connectivity index is 2.09. The summed E-state index contributed by atoms with van der Waals surface area (Å²) in [6, 6.07) is 13.9. The van der Waals surface area contributed by atoms with Gasteiger partial charge in [-0.25, -0.2) is 0 Å². The van der Waals surface area contributed by atoms with Crippen LogP contribution in [-0.4, -0.2) is 8.42 Å². The van der Waals surface area contributed by atoms with Gasteiger partial charge in [0, 0.05) is 0 Å². The fourth-order valence-electron chi connectivity index (χ4n) is 2.27. The lowest BCUT2D eigenvalue weighted by molar-refractivity contribution is 0.392. The predicted octanol–water partition coefficient (Wildman–Crippen LogP) is 4.98. The quantitative estimate of drug-likeness (QED) is 0.769. The summed E-state index contributed by atoms with van der Waals surface area (Å²) < 4.78 is 34.2. The minimum atomic E-state index is -4.18. The third kappa shape index (κ3) is 5.49. The number of benzene rings is 2. The van der Waals surface area contributed by atoms with Crippen LogP contribution in [0.4, 0.5) is 0 Å². The second-order valence-electron chi connectivity index (χ2n) is 8.12. The second-order valence-corrected chi connectivity index (χ2v) is 9.27. The Labute approximate surface area is 151 Å². The highest BCUT2D eigenvalue weighted by Crippen LogP contribution is 2.27. The lowest BCUT2D eigenvalue weighted by atomic mass is 9.87. The molecular weight excluding hydrogens is 336 g/mol. The van der Waals surface area contributed by atoms with Gasteiger partial charge in [0.2, 0.25) is 0 Å². The molecule has 0 amide bonds. The van der Waals surface area contributed by atoms with Crippen LogP contribution in [0.25, 0.3) is 0 Å². The van der Waals surface area contributed by atoms with E-state index in [9.17, 15) is 8.42 Å². The minimum absolute atomic E-state index is 0.0112. The molecule has 2 aromatic carbocycles. The Morgan fingerprint density at radius 1 is 0.600 bits per heavy atom. The van der Waals surface area contributed by atoms with E-state index >= 15 is 0 Å². The van der Waals surface area contributed by atoms with Gasteiger partial charge < -0.3 is 8.37 Å². The molecular formula is C20H26O4S.